The van der Waals surface area contributed by atoms with E-state index in [1.54, 1.807) is 0 Å². The van der Waals surface area contributed by atoms with E-state index in [4.69, 9.17) is 0 Å². The zero-order valence-corrected chi connectivity index (χ0v) is 9.30. The molecule has 0 unspecified atom stereocenters. The van der Waals surface area contributed by atoms with E-state index in [0.29, 0.717) is 0 Å². The van der Waals surface area contributed by atoms with E-state index in [9.17, 15) is 0 Å². The standard InChI is InChI=1S/C12H20N2/c1-12(2,9-10-13-3)14-11-7-5-4-6-8-11/h4-8,13-14H,9-10H2,1-3H3. The maximum atomic E-state index is 3.51. The summed E-state index contributed by atoms with van der Waals surface area (Å²) < 4.78 is 0. The Balaban J connectivity index is 2.50. The fraction of sp³-hybridized carbons (Fsp3) is 0.500. The molecule has 1 rings (SSSR count). The number of benzene rings is 1. The van der Waals surface area contributed by atoms with Crippen molar-refractivity contribution in [2.75, 3.05) is 18.9 Å². The predicted octanol–water partition coefficient (Wildman–Crippen LogP) is 2.49. The van der Waals surface area contributed by atoms with Gasteiger partial charge in [0.2, 0.25) is 0 Å². The third-order valence-corrected chi connectivity index (χ3v) is 2.26. The molecule has 0 aliphatic heterocycles. The summed E-state index contributed by atoms with van der Waals surface area (Å²) >= 11 is 0. The van der Waals surface area contributed by atoms with Crippen molar-refractivity contribution in [3.8, 4) is 0 Å². The van der Waals surface area contributed by atoms with Gasteiger partial charge in [-0.2, -0.15) is 0 Å². The smallest absolute Gasteiger partial charge is 0.0344 e. The van der Waals surface area contributed by atoms with Crippen molar-refractivity contribution >= 4 is 5.69 Å². The summed E-state index contributed by atoms with van der Waals surface area (Å²) in [5.41, 5.74) is 1.33. The minimum Gasteiger partial charge on any atom is -0.380 e. The Labute approximate surface area is 86.7 Å². The van der Waals surface area contributed by atoms with Crippen molar-refractivity contribution < 1.29 is 0 Å². The van der Waals surface area contributed by atoms with Gasteiger partial charge in [0.25, 0.3) is 0 Å². The molecule has 1 aromatic rings. The van der Waals surface area contributed by atoms with E-state index in [2.05, 4.69) is 48.7 Å². The summed E-state index contributed by atoms with van der Waals surface area (Å²) in [6.45, 7) is 5.47. The van der Waals surface area contributed by atoms with E-state index in [-0.39, 0.29) is 5.54 Å². The third-order valence-electron chi connectivity index (χ3n) is 2.26. The Hall–Kier alpha value is -1.02. The lowest BCUT2D eigenvalue weighted by molar-refractivity contribution is 0.504. The minimum atomic E-state index is 0.143. The molecular formula is C12H20N2. The first-order chi connectivity index (χ1) is 6.64. The molecule has 1 aromatic carbocycles. The van der Waals surface area contributed by atoms with E-state index < -0.39 is 0 Å². The second-order valence-corrected chi connectivity index (χ2v) is 4.23. The van der Waals surface area contributed by atoms with Crippen LogP contribution in [0.4, 0.5) is 5.69 Å². The molecule has 2 N–H and O–H groups in total. The van der Waals surface area contributed by atoms with Crippen LogP contribution in [0.1, 0.15) is 20.3 Å². The van der Waals surface area contributed by atoms with E-state index in [0.717, 1.165) is 13.0 Å². The van der Waals surface area contributed by atoms with Gasteiger partial charge in [0.15, 0.2) is 0 Å². The Bertz CT molecular complexity index is 254. The minimum absolute atomic E-state index is 0.143. The summed E-state index contributed by atoms with van der Waals surface area (Å²) in [5, 5.41) is 6.68. The predicted molar refractivity (Wildman–Crippen MR) is 62.7 cm³/mol. The lowest BCUT2D eigenvalue weighted by Crippen LogP contribution is -2.34. The molecule has 2 heteroatoms. The van der Waals surface area contributed by atoms with Gasteiger partial charge < -0.3 is 10.6 Å². The zero-order valence-electron chi connectivity index (χ0n) is 9.30. The molecule has 0 atom stereocenters. The molecule has 0 radical (unpaired) electrons. The number of nitrogens with one attached hydrogen (secondary N) is 2. The average molecular weight is 192 g/mol. The fourth-order valence-corrected chi connectivity index (χ4v) is 1.41. The monoisotopic (exact) mass is 192 g/mol. The van der Waals surface area contributed by atoms with Crippen LogP contribution in [0, 0.1) is 0 Å². The number of hydrogen-bond acceptors (Lipinski definition) is 2. The fourth-order valence-electron chi connectivity index (χ4n) is 1.41. The van der Waals surface area contributed by atoms with Gasteiger partial charge in [-0.15, -0.1) is 0 Å². The maximum absolute atomic E-state index is 3.51. The summed E-state index contributed by atoms with van der Waals surface area (Å²) in [4.78, 5) is 0. The van der Waals surface area contributed by atoms with Gasteiger partial charge in [0, 0.05) is 11.2 Å². The largest absolute Gasteiger partial charge is 0.380 e. The second kappa shape index (κ2) is 5.01. The van der Waals surface area contributed by atoms with Crippen LogP contribution in [-0.4, -0.2) is 19.1 Å². The van der Waals surface area contributed by atoms with Crippen molar-refractivity contribution in [1.82, 2.24) is 5.32 Å². The highest BCUT2D eigenvalue weighted by molar-refractivity contribution is 5.44. The van der Waals surface area contributed by atoms with Crippen molar-refractivity contribution in [1.29, 1.82) is 0 Å². The molecule has 14 heavy (non-hydrogen) atoms. The number of rotatable bonds is 5. The van der Waals surface area contributed by atoms with Crippen LogP contribution in [0.5, 0.6) is 0 Å². The first-order valence-corrected chi connectivity index (χ1v) is 5.12. The number of hydrogen-bond donors (Lipinski definition) is 2. The molecule has 0 bridgehead atoms. The van der Waals surface area contributed by atoms with Gasteiger partial charge in [-0.3, -0.25) is 0 Å². The zero-order chi connectivity index (χ0) is 10.4. The third kappa shape index (κ3) is 3.79. The molecule has 0 aromatic heterocycles. The molecule has 0 spiro atoms. The van der Waals surface area contributed by atoms with Gasteiger partial charge in [0.1, 0.15) is 0 Å². The van der Waals surface area contributed by atoms with Gasteiger partial charge in [0.05, 0.1) is 0 Å². The molecule has 0 amide bonds. The lowest BCUT2D eigenvalue weighted by Gasteiger charge is -2.27. The van der Waals surface area contributed by atoms with Crippen molar-refractivity contribution in [3.05, 3.63) is 30.3 Å². The second-order valence-electron chi connectivity index (χ2n) is 4.23. The molecular weight excluding hydrogens is 172 g/mol. The van der Waals surface area contributed by atoms with E-state index in [1.807, 2.05) is 13.1 Å². The lowest BCUT2D eigenvalue weighted by atomic mass is 10.0. The summed E-state index contributed by atoms with van der Waals surface area (Å²) in [6.07, 6.45) is 1.11. The summed E-state index contributed by atoms with van der Waals surface area (Å²) in [6, 6.07) is 10.3. The SMILES string of the molecule is CNCCC(C)(C)Nc1ccccc1. The van der Waals surface area contributed by atoms with Crippen LogP contribution in [-0.2, 0) is 0 Å². The molecule has 2 nitrogen and oxygen atoms in total. The number of anilines is 1. The van der Waals surface area contributed by atoms with Crippen LogP contribution in [0.2, 0.25) is 0 Å². The normalized spacial score (nSPS) is 11.4. The van der Waals surface area contributed by atoms with Crippen LogP contribution < -0.4 is 10.6 Å². The molecule has 0 fully saturated rings. The van der Waals surface area contributed by atoms with Crippen molar-refractivity contribution in [3.63, 3.8) is 0 Å². The molecule has 0 saturated carbocycles. The molecule has 0 saturated heterocycles. The van der Waals surface area contributed by atoms with Gasteiger partial charge in [-0.25, -0.2) is 0 Å². The van der Waals surface area contributed by atoms with Gasteiger partial charge in [-0.1, -0.05) is 18.2 Å². The summed E-state index contributed by atoms with van der Waals surface area (Å²) in [7, 11) is 1.98. The first kappa shape index (κ1) is 11.1. The topological polar surface area (TPSA) is 24.1 Å². The maximum Gasteiger partial charge on any atom is 0.0344 e. The van der Waals surface area contributed by atoms with Gasteiger partial charge in [-0.05, 0) is 46.0 Å². The highest BCUT2D eigenvalue weighted by Crippen LogP contribution is 2.16. The van der Waals surface area contributed by atoms with Crippen molar-refractivity contribution in [2.45, 2.75) is 25.8 Å². The molecule has 0 heterocycles. The number of para-hydroxylation sites is 1. The van der Waals surface area contributed by atoms with Crippen molar-refractivity contribution in [2.24, 2.45) is 0 Å². The average Bonchev–Trinajstić information content (AvgIpc) is 2.16. The highest BCUT2D eigenvalue weighted by atomic mass is 15.0. The van der Waals surface area contributed by atoms with Crippen LogP contribution in [0.3, 0.4) is 0 Å². The highest BCUT2D eigenvalue weighted by Gasteiger charge is 2.15. The van der Waals surface area contributed by atoms with Gasteiger partial charge >= 0.3 is 0 Å². The molecule has 0 aliphatic rings. The molecule has 0 aliphatic carbocycles. The van der Waals surface area contributed by atoms with Crippen LogP contribution in [0.25, 0.3) is 0 Å². The Morgan fingerprint density at radius 1 is 1.14 bits per heavy atom. The van der Waals surface area contributed by atoms with E-state index in [1.165, 1.54) is 5.69 Å². The Morgan fingerprint density at radius 3 is 2.36 bits per heavy atom. The van der Waals surface area contributed by atoms with Crippen LogP contribution >= 0.6 is 0 Å². The first-order valence-electron chi connectivity index (χ1n) is 5.12. The summed E-state index contributed by atoms with van der Waals surface area (Å²) in [5.74, 6) is 0. The molecule has 78 valence electrons. The van der Waals surface area contributed by atoms with E-state index >= 15 is 0 Å². The van der Waals surface area contributed by atoms with Crippen LogP contribution in [0.15, 0.2) is 30.3 Å². The Kier molecular flexibility index (Phi) is 3.96. The quantitative estimate of drug-likeness (QED) is 0.749. The Morgan fingerprint density at radius 2 is 1.79 bits per heavy atom.